The van der Waals surface area contributed by atoms with Gasteiger partial charge in [-0.05, 0) is 15.9 Å². The van der Waals surface area contributed by atoms with Crippen LogP contribution in [0.25, 0.3) is 0 Å². The van der Waals surface area contributed by atoms with Crippen LogP contribution in [0.4, 0.5) is 18.9 Å². The summed E-state index contributed by atoms with van der Waals surface area (Å²) >= 11 is 2.69. The first-order valence-corrected chi connectivity index (χ1v) is 5.09. The van der Waals surface area contributed by atoms with Gasteiger partial charge in [-0.3, -0.25) is 10.8 Å². The minimum Gasteiger partial charge on any atom is -0.382 e. The molecule has 1 rings (SSSR count). The molecule has 0 heterocycles. The highest BCUT2D eigenvalue weighted by Crippen LogP contribution is 2.29. The van der Waals surface area contributed by atoms with E-state index in [2.05, 4.69) is 26.5 Å². The van der Waals surface area contributed by atoms with Crippen LogP contribution in [0.5, 0.6) is 0 Å². The van der Waals surface area contributed by atoms with Crippen LogP contribution >= 0.6 is 15.9 Å². The normalized spacial score (nSPS) is 10.9. The fourth-order valence-electron chi connectivity index (χ4n) is 0.916. The second kappa shape index (κ2) is 5.50. The third kappa shape index (κ3) is 2.78. The Balaban J connectivity index is 3.15. The molecule has 0 fully saturated rings. The summed E-state index contributed by atoms with van der Waals surface area (Å²) in [6.07, 6.45) is 0. The van der Waals surface area contributed by atoms with Crippen molar-refractivity contribution in [3.8, 4) is 6.07 Å². The molecule has 0 saturated carbocycles. The van der Waals surface area contributed by atoms with Gasteiger partial charge in [0.05, 0.1) is 10.2 Å². The first-order valence-electron chi connectivity index (χ1n) is 4.29. The Morgan fingerprint density at radius 1 is 1.44 bits per heavy atom. The summed E-state index contributed by atoms with van der Waals surface area (Å²) in [7, 11) is 0. The molecule has 5 nitrogen and oxygen atoms in total. The zero-order valence-electron chi connectivity index (χ0n) is 8.56. The van der Waals surface area contributed by atoms with Crippen LogP contribution in [0.15, 0.2) is 15.6 Å². The minimum absolute atomic E-state index is 0.250. The molecule has 0 amide bonds. The maximum Gasteiger partial charge on any atom is 0.201 e. The number of hydrogen-bond acceptors (Lipinski definition) is 4. The highest BCUT2D eigenvalue weighted by Gasteiger charge is 2.16. The zero-order chi connectivity index (χ0) is 13.9. The molecule has 9 heteroatoms. The van der Waals surface area contributed by atoms with Gasteiger partial charge in [-0.2, -0.15) is 10.4 Å². The monoisotopic (exact) mass is 319 g/mol. The van der Waals surface area contributed by atoms with Gasteiger partial charge in [0.1, 0.15) is 6.07 Å². The molecule has 1 aromatic rings. The van der Waals surface area contributed by atoms with Crippen molar-refractivity contribution in [1.82, 2.24) is 0 Å². The van der Waals surface area contributed by atoms with Crippen LogP contribution in [-0.4, -0.2) is 11.5 Å². The van der Waals surface area contributed by atoms with Gasteiger partial charge in [-0.25, -0.2) is 13.2 Å². The third-order valence-electron chi connectivity index (χ3n) is 1.75. The van der Waals surface area contributed by atoms with Crippen molar-refractivity contribution in [3.05, 3.63) is 28.0 Å². The molecule has 0 aliphatic rings. The van der Waals surface area contributed by atoms with Crippen LogP contribution in [-0.2, 0) is 0 Å². The highest BCUT2D eigenvalue weighted by atomic mass is 79.9. The highest BCUT2D eigenvalue weighted by molar-refractivity contribution is 9.10. The van der Waals surface area contributed by atoms with Crippen LogP contribution in [0.3, 0.4) is 0 Å². The van der Waals surface area contributed by atoms with E-state index < -0.39 is 33.5 Å². The largest absolute Gasteiger partial charge is 0.382 e. The molecule has 1 aromatic carbocycles. The Morgan fingerprint density at radius 2 is 2.06 bits per heavy atom. The zero-order valence-corrected chi connectivity index (χ0v) is 10.1. The molecule has 0 bridgehead atoms. The van der Waals surface area contributed by atoms with Crippen LogP contribution < -0.4 is 11.2 Å². The van der Waals surface area contributed by atoms with Gasteiger partial charge in [0.2, 0.25) is 5.71 Å². The van der Waals surface area contributed by atoms with Crippen molar-refractivity contribution in [2.24, 2.45) is 10.8 Å². The number of benzene rings is 1. The summed E-state index contributed by atoms with van der Waals surface area (Å²) in [6, 6.07) is 2.13. The van der Waals surface area contributed by atoms with E-state index in [-0.39, 0.29) is 5.69 Å². The molecule has 0 atom stereocenters. The fourth-order valence-corrected chi connectivity index (χ4v) is 1.29. The van der Waals surface area contributed by atoms with Crippen molar-refractivity contribution in [2.45, 2.75) is 0 Å². The van der Waals surface area contributed by atoms with E-state index in [1.54, 1.807) is 0 Å². The van der Waals surface area contributed by atoms with Gasteiger partial charge in [0.15, 0.2) is 23.3 Å². The summed E-state index contributed by atoms with van der Waals surface area (Å²) in [5.41, 5.74) is 6.38. The number of anilines is 1. The molecule has 0 aliphatic carbocycles. The molecule has 18 heavy (non-hydrogen) atoms. The molecule has 4 N–H and O–H groups in total. The second-order valence-electron chi connectivity index (χ2n) is 2.95. The summed E-state index contributed by atoms with van der Waals surface area (Å²) < 4.78 is 38.5. The third-order valence-corrected chi connectivity index (χ3v) is 2.53. The Bertz CT molecular complexity index is 579. The molecule has 0 aliphatic heterocycles. The van der Waals surface area contributed by atoms with Gasteiger partial charge in [-0.1, -0.05) is 0 Å². The molecule has 0 spiro atoms. The minimum atomic E-state index is -1.64. The number of rotatable bonds is 3. The van der Waals surface area contributed by atoms with Gasteiger partial charge in [0.25, 0.3) is 0 Å². The van der Waals surface area contributed by atoms with E-state index in [0.29, 0.717) is 6.07 Å². The fraction of sp³-hybridized carbons (Fsp3) is 0. The summed E-state index contributed by atoms with van der Waals surface area (Å²) in [5, 5.41) is 18.8. The topological polar surface area (TPSA) is 98.0 Å². The van der Waals surface area contributed by atoms with Crippen LogP contribution in [0, 0.1) is 34.2 Å². The number of hydrazone groups is 1. The number of halogens is 4. The van der Waals surface area contributed by atoms with E-state index in [9.17, 15) is 13.2 Å². The van der Waals surface area contributed by atoms with Crippen molar-refractivity contribution >= 4 is 33.2 Å². The quantitative estimate of drug-likeness (QED) is 0.261. The molecule has 0 radical (unpaired) electrons. The predicted octanol–water partition coefficient (Wildman–Crippen LogP) is 2.09. The number of hydrogen-bond donors (Lipinski definition) is 3. The number of amidine groups is 1. The van der Waals surface area contributed by atoms with Crippen LogP contribution in [0.1, 0.15) is 0 Å². The Morgan fingerprint density at radius 3 is 2.56 bits per heavy atom. The molecular formula is C9H5BrF3N5. The van der Waals surface area contributed by atoms with Gasteiger partial charge < -0.3 is 5.73 Å². The number of nitrogens with one attached hydrogen (secondary N) is 2. The van der Waals surface area contributed by atoms with Crippen molar-refractivity contribution in [3.63, 3.8) is 0 Å². The lowest BCUT2D eigenvalue weighted by Crippen LogP contribution is -2.22. The number of nitrogens with zero attached hydrogens (tertiary/aromatic N) is 2. The predicted molar refractivity (Wildman–Crippen MR) is 62.6 cm³/mol. The number of nitriles is 1. The maximum absolute atomic E-state index is 13.1. The smallest absolute Gasteiger partial charge is 0.201 e. The van der Waals surface area contributed by atoms with E-state index in [1.807, 2.05) is 0 Å². The lowest BCUT2D eigenvalue weighted by molar-refractivity contribution is 0.445. The lowest BCUT2D eigenvalue weighted by Gasteiger charge is -2.06. The van der Waals surface area contributed by atoms with E-state index in [1.165, 1.54) is 6.07 Å². The average Bonchev–Trinajstić information content (AvgIpc) is 2.33. The summed E-state index contributed by atoms with van der Waals surface area (Å²) in [5.74, 6) is -5.11. The Hall–Kier alpha value is -2.08. The second-order valence-corrected chi connectivity index (χ2v) is 3.74. The van der Waals surface area contributed by atoms with Gasteiger partial charge in [-0.15, -0.1) is 0 Å². The Kier molecular flexibility index (Phi) is 4.28. The molecule has 94 valence electrons. The molecule has 0 aromatic heterocycles. The van der Waals surface area contributed by atoms with Crippen LogP contribution in [0.2, 0.25) is 0 Å². The first-order chi connectivity index (χ1) is 8.38. The van der Waals surface area contributed by atoms with E-state index in [0.717, 1.165) is 0 Å². The number of nitrogens with two attached hydrogens (primary N) is 1. The first kappa shape index (κ1) is 14.0. The summed E-state index contributed by atoms with van der Waals surface area (Å²) in [6.45, 7) is 0. The van der Waals surface area contributed by atoms with Crippen molar-refractivity contribution in [2.75, 3.05) is 5.43 Å². The summed E-state index contributed by atoms with van der Waals surface area (Å²) in [4.78, 5) is 0. The van der Waals surface area contributed by atoms with Crippen molar-refractivity contribution in [1.29, 1.82) is 10.7 Å². The Labute approximate surface area is 108 Å². The standard InChI is InChI=1S/C9H5BrF3N5/c10-6-4(1-3(11)7(12)8(6)13)17-18-5(2-14)9(15)16/h1,17H,(H3,15,16)/b18-5+. The molecule has 0 saturated heterocycles. The molecular weight excluding hydrogens is 315 g/mol. The molecule has 0 unspecified atom stereocenters. The van der Waals surface area contributed by atoms with E-state index >= 15 is 0 Å². The van der Waals surface area contributed by atoms with Gasteiger partial charge in [0, 0.05) is 6.07 Å². The SMILES string of the molecule is N#C/C(=N\Nc1cc(F)c(F)c(F)c1Br)C(=N)N. The van der Waals surface area contributed by atoms with E-state index in [4.69, 9.17) is 16.4 Å². The maximum atomic E-state index is 13.1. The van der Waals surface area contributed by atoms with Gasteiger partial charge >= 0.3 is 0 Å². The van der Waals surface area contributed by atoms with Crippen molar-refractivity contribution < 1.29 is 13.2 Å². The average molecular weight is 320 g/mol. The lowest BCUT2D eigenvalue weighted by atomic mass is 10.3.